The second-order valence-electron chi connectivity index (χ2n) is 5.67. The van der Waals surface area contributed by atoms with Crippen LogP contribution in [0, 0.1) is 6.92 Å². The first-order valence-corrected chi connectivity index (χ1v) is 9.49. The minimum Gasteiger partial charge on any atom is -0.490 e. The summed E-state index contributed by atoms with van der Waals surface area (Å²) in [7, 11) is 0. The van der Waals surface area contributed by atoms with E-state index in [1.54, 1.807) is 0 Å². The molecule has 1 saturated carbocycles. The van der Waals surface area contributed by atoms with E-state index in [0.29, 0.717) is 19.2 Å². The molecule has 21 heavy (non-hydrogen) atoms. The number of aliphatic hydroxyl groups excluding tert-OH is 1. The standard InChI is InChI=1S/C16H24BrNO2S/c1-11-3-6-16(15(17)7-11)20-10-13(19)9-18-12-4-5-14(8-12)21-2/h3,6-7,12-14,18-19H,4-5,8-10H2,1-2H3. The summed E-state index contributed by atoms with van der Waals surface area (Å²) in [5.74, 6) is 0.781. The third kappa shape index (κ3) is 5.47. The van der Waals surface area contributed by atoms with Crippen molar-refractivity contribution in [3.63, 3.8) is 0 Å². The smallest absolute Gasteiger partial charge is 0.133 e. The Kier molecular flexibility index (Phi) is 6.86. The summed E-state index contributed by atoms with van der Waals surface area (Å²) < 4.78 is 6.60. The van der Waals surface area contributed by atoms with Gasteiger partial charge < -0.3 is 15.2 Å². The van der Waals surface area contributed by atoms with Gasteiger partial charge in [-0.25, -0.2) is 0 Å². The van der Waals surface area contributed by atoms with Crippen molar-refractivity contribution in [2.24, 2.45) is 0 Å². The summed E-state index contributed by atoms with van der Waals surface area (Å²) >= 11 is 5.43. The number of halogens is 1. The maximum Gasteiger partial charge on any atom is 0.133 e. The van der Waals surface area contributed by atoms with E-state index in [9.17, 15) is 5.11 Å². The number of hydrogen-bond donors (Lipinski definition) is 2. The fourth-order valence-corrected chi connectivity index (χ4v) is 4.01. The Hall–Kier alpha value is -0.230. The van der Waals surface area contributed by atoms with Crippen molar-refractivity contribution in [1.29, 1.82) is 0 Å². The summed E-state index contributed by atoms with van der Waals surface area (Å²) in [5, 5.41) is 14.3. The van der Waals surface area contributed by atoms with E-state index in [2.05, 4.69) is 27.5 Å². The van der Waals surface area contributed by atoms with Gasteiger partial charge in [-0.15, -0.1) is 0 Å². The van der Waals surface area contributed by atoms with Gasteiger partial charge in [0.25, 0.3) is 0 Å². The van der Waals surface area contributed by atoms with Gasteiger partial charge in [0.1, 0.15) is 18.5 Å². The fourth-order valence-electron chi connectivity index (χ4n) is 2.61. The van der Waals surface area contributed by atoms with Crippen LogP contribution >= 0.6 is 27.7 Å². The maximum atomic E-state index is 10.0. The molecule has 3 nitrogen and oxygen atoms in total. The van der Waals surface area contributed by atoms with Crippen molar-refractivity contribution < 1.29 is 9.84 Å². The van der Waals surface area contributed by atoms with Crippen LogP contribution in [-0.4, -0.2) is 41.9 Å². The molecule has 0 heterocycles. The van der Waals surface area contributed by atoms with Crippen molar-refractivity contribution >= 4 is 27.7 Å². The first kappa shape index (κ1) is 17.1. The molecule has 0 bridgehead atoms. The lowest BCUT2D eigenvalue weighted by molar-refractivity contribution is 0.103. The molecule has 0 saturated heterocycles. The second-order valence-corrected chi connectivity index (χ2v) is 7.67. The monoisotopic (exact) mass is 373 g/mol. The quantitative estimate of drug-likeness (QED) is 0.768. The Labute approximate surface area is 140 Å². The predicted molar refractivity (Wildman–Crippen MR) is 93.3 cm³/mol. The van der Waals surface area contributed by atoms with Crippen LogP contribution in [-0.2, 0) is 0 Å². The molecule has 0 radical (unpaired) electrons. The molecule has 5 heteroatoms. The number of aryl methyl sites for hydroxylation is 1. The molecule has 118 valence electrons. The molecule has 3 atom stereocenters. The van der Waals surface area contributed by atoms with E-state index in [1.807, 2.05) is 36.9 Å². The summed E-state index contributed by atoms with van der Waals surface area (Å²) in [4.78, 5) is 0. The predicted octanol–water partition coefficient (Wildman–Crippen LogP) is 3.37. The van der Waals surface area contributed by atoms with Gasteiger partial charge in [0.2, 0.25) is 0 Å². The number of aliphatic hydroxyl groups is 1. The lowest BCUT2D eigenvalue weighted by Gasteiger charge is -2.17. The van der Waals surface area contributed by atoms with Gasteiger partial charge in [0, 0.05) is 17.8 Å². The summed E-state index contributed by atoms with van der Waals surface area (Å²) in [5.41, 5.74) is 1.18. The third-order valence-electron chi connectivity index (χ3n) is 3.88. The van der Waals surface area contributed by atoms with Crippen molar-refractivity contribution in [1.82, 2.24) is 5.32 Å². The zero-order chi connectivity index (χ0) is 15.2. The molecule has 0 aromatic heterocycles. The van der Waals surface area contributed by atoms with Crippen molar-refractivity contribution in [3.8, 4) is 5.75 Å². The molecular weight excluding hydrogens is 350 g/mol. The van der Waals surface area contributed by atoms with Crippen LogP contribution < -0.4 is 10.1 Å². The molecule has 0 amide bonds. The molecule has 2 N–H and O–H groups in total. The van der Waals surface area contributed by atoms with E-state index in [0.717, 1.165) is 15.5 Å². The van der Waals surface area contributed by atoms with Crippen molar-refractivity contribution in [2.75, 3.05) is 19.4 Å². The number of thioether (sulfide) groups is 1. The van der Waals surface area contributed by atoms with Gasteiger partial charge in [0.15, 0.2) is 0 Å². The SMILES string of the molecule is CSC1CCC(NCC(O)COc2ccc(C)cc2Br)C1. The molecule has 1 aromatic carbocycles. The maximum absolute atomic E-state index is 10.0. The Bertz CT molecular complexity index is 458. The highest BCUT2D eigenvalue weighted by Gasteiger charge is 2.23. The molecule has 1 aliphatic rings. The summed E-state index contributed by atoms with van der Waals surface area (Å²) in [6.45, 7) is 2.94. The fraction of sp³-hybridized carbons (Fsp3) is 0.625. The Morgan fingerprint density at radius 3 is 2.95 bits per heavy atom. The Morgan fingerprint density at radius 1 is 1.48 bits per heavy atom. The van der Waals surface area contributed by atoms with Gasteiger partial charge in [0.05, 0.1) is 4.47 Å². The van der Waals surface area contributed by atoms with Crippen LogP contribution in [0.25, 0.3) is 0 Å². The van der Waals surface area contributed by atoms with Crippen molar-refractivity contribution in [3.05, 3.63) is 28.2 Å². The van der Waals surface area contributed by atoms with E-state index in [4.69, 9.17) is 4.74 Å². The van der Waals surface area contributed by atoms with Gasteiger partial charge in [-0.2, -0.15) is 11.8 Å². The number of ether oxygens (including phenoxy) is 1. The molecule has 0 spiro atoms. The van der Waals surface area contributed by atoms with Crippen molar-refractivity contribution in [2.45, 2.75) is 43.6 Å². The molecular formula is C16H24BrNO2S. The van der Waals surface area contributed by atoms with E-state index in [-0.39, 0.29) is 0 Å². The highest BCUT2D eigenvalue weighted by molar-refractivity contribution is 9.10. The van der Waals surface area contributed by atoms with Crippen LogP contribution in [0.4, 0.5) is 0 Å². The van der Waals surface area contributed by atoms with Gasteiger partial charge in [-0.3, -0.25) is 0 Å². The molecule has 1 fully saturated rings. The first-order valence-electron chi connectivity index (χ1n) is 7.41. The summed E-state index contributed by atoms with van der Waals surface area (Å²) in [6, 6.07) is 6.50. The average molecular weight is 374 g/mol. The number of hydrogen-bond acceptors (Lipinski definition) is 4. The second kappa shape index (κ2) is 8.42. The van der Waals surface area contributed by atoms with Crippen LogP contribution in [0.5, 0.6) is 5.75 Å². The highest BCUT2D eigenvalue weighted by atomic mass is 79.9. The van der Waals surface area contributed by atoms with Gasteiger partial charge >= 0.3 is 0 Å². The zero-order valence-electron chi connectivity index (χ0n) is 12.6. The lowest BCUT2D eigenvalue weighted by atomic mass is 10.2. The number of benzene rings is 1. The van der Waals surface area contributed by atoms with E-state index < -0.39 is 6.10 Å². The van der Waals surface area contributed by atoms with Gasteiger partial charge in [-0.1, -0.05) is 6.07 Å². The van der Waals surface area contributed by atoms with E-state index >= 15 is 0 Å². The van der Waals surface area contributed by atoms with Crippen LogP contribution in [0.15, 0.2) is 22.7 Å². The molecule has 3 unspecified atom stereocenters. The normalized spacial score (nSPS) is 23.2. The topological polar surface area (TPSA) is 41.5 Å². The van der Waals surface area contributed by atoms with E-state index in [1.165, 1.54) is 24.8 Å². The Morgan fingerprint density at radius 2 is 2.29 bits per heavy atom. The third-order valence-corrected chi connectivity index (χ3v) is 5.59. The van der Waals surface area contributed by atoms with Crippen LogP contribution in [0.2, 0.25) is 0 Å². The minimum absolute atomic E-state index is 0.313. The largest absolute Gasteiger partial charge is 0.490 e. The van der Waals surface area contributed by atoms with Crippen LogP contribution in [0.1, 0.15) is 24.8 Å². The molecule has 1 aliphatic carbocycles. The molecule has 0 aliphatic heterocycles. The van der Waals surface area contributed by atoms with Gasteiger partial charge in [-0.05, 0) is 66.1 Å². The lowest BCUT2D eigenvalue weighted by Crippen LogP contribution is -2.37. The Balaban J connectivity index is 1.69. The molecule has 1 aromatic rings. The average Bonchev–Trinajstić information content (AvgIpc) is 2.92. The molecule has 2 rings (SSSR count). The number of nitrogens with one attached hydrogen (secondary N) is 1. The van der Waals surface area contributed by atoms with Crippen LogP contribution in [0.3, 0.4) is 0 Å². The zero-order valence-corrected chi connectivity index (χ0v) is 15.0. The number of rotatable bonds is 7. The minimum atomic E-state index is -0.480. The highest BCUT2D eigenvalue weighted by Crippen LogP contribution is 2.28. The first-order chi connectivity index (χ1) is 10.1. The summed E-state index contributed by atoms with van der Waals surface area (Å²) in [6.07, 6.45) is 5.39.